The van der Waals surface area contributed by atoms with Crippen molar-refractivity contribution in [3.63, 3.8) is 0 Å². The Morgan fingerprint density at radius 2 is 1.56 bits per heavy atom. The molecule has 0 heterocycles. The van der Waals surface area contributed by atoms with Crippen LogP contribution < -0.4 is 11.1 Å². The molecule has 2 aliphatic rings. The van der Waals surface area contributed by atoms with Gasteiger partial charge in [0.25, 0.3) is 0 Å². The highest BCUT2D eigenvalue weighted by Crippen LogP contribution is 2.59. The van der Waals surface area contributed by atoms with Gasteiger partial charge in [0.1, 0.15) is 10.6 Å². The van der Waals surface area contributed by atoms with Gasteiger partial charge in [-0.05, 0) is 74.9 Å². The number of hydrogen-bond donors (Lipinski definition) is 2. The molecule has 0 saturated heterocycles. The highest BCUT2D eigenvalue weighted by Gasteiger charge is 2.73. The summed E-state index contributed by atoms with van der Waals surface area (Å²) in [5.41, 5.74) is -2.62. The molecule has 2 aromatic rings. The molecule has 0 spiro atoms. The molecule has 0 unspecified atom stereocenters. The molecular weight excluding hydrogens is 584 g/mol. The van der Waals surface area contributed by atoms with Crippen LogP contribution in [0.1, 0.15) is 56.2 Å². The van der Waals surface area contributed by atoms with Crippen molar-refractivity contribution in [3.8, 4) is 0 Å². The molecule has 4 rings (SSSR count). The third-order valence-corrected chi connectivity index (χ3v) is 10.5. The summed E-state index contributed by atoms with van der Waals surface area (Å²) in [5, 5.41) is 2.80. The van der Waals surface area contributed by atoms with Crippen LogP contribution in [0.2, 0.25) is 0 Å². The fourth-order valence-corrected chi connectivity index (χ4v) is 8.69. The third kappa shape index (κ3) is 5.10. The zero-order chi connectivity index (χ0) is 30.8. The Morgan fingerprint density at radius 3 is 2.10 bits per heavy atom. The Balaban J connectivity index is 1.89. The maximum absolute atomic E-state index is 14.9. The Labute approximate surface area is 231 Å². The van der Waals surface area contributed by atoms with Crippen molar-refractivity contribution in [3.05, 3.63) is 65.0 Å². The fraction of sp³-hybridized carbons (Fsp3) is 0.519. The number of carbonyl (C=O) groups excluding carboxylic acids is 1. The first-order chi connectivity index (χ1) is 18.6. The van der Waals surface area contributed by atoms with E-state index in [0.29, 0.717) is 12.1 Å². The minimum absolute atomic E-state index is 0.0504. The Kier molecular flexibility index (Phi) is 7.55. The van der Waals surface area contributed by atoms with Crippen molar-refractivity contribution in [1.29, 1.82) is 0 Å². The van der Waals surface area contributed by atoms with Crippen molar-refractivity contribution in [1.82, 2.24) is 5.32 Å². The Bertz CT molecular complexity index is 1420. The quantitative estimate of drug-likeness (QED) is 0.321. The van der Waals surface area contributed by atoms with Gasteiger partial charge in [-0.15, -0.1) is 0 Å². The Morgan fingerprint density at radius 1 is 0.976 bits per heavy atom. The maximum Gasteiger partial charge on any atom is 0.435 e. The monoisotopic (exact) mass is 612 g/mol. The van der Waals surface area contributed by atoms with Crippen LogP contribution in [0, 0.1) is 11.7 Å². The maximum atomic E-state index is 14.9. The minimum atomic E-state index is -6.34. The second-order valence-electron chi connectivity index (χ2n) is 11.4. The van der Waals surface area contributed by atoms with Crippen LogP contribution in [0.5, 0.6) is 0 Å². The summed E-state index contributed by atoms with van der Waals surface area (Å²) >= 11 is 0. The second kappa shape index (κ2) is 9.92. The minimum Gasteiger partial charge on any atom is -0.353 e. The van der Waals surface area contributed by atoms with Crippen molar-refractivity contribution in [2.75, 3.05) is 0 Å². The van der Waals surface area contributed by atoms with E-state index in [1.54, 1.807) is 13.8 Å². The first-order valence-electron chi connectivity index (χ1n) is 12.7. The van der Waals surface area contributed by atoms with Crippen molar-refractivity contribution < 1.29 is 48.3 Å². The lowest BCUT2D eigenvalue weighted by atomic mass is 9.74. The molecule has 41 heavy (non-hydrogen) atoms. The topological polar surface area (TPSA) is 89.3 Å². The summed E-state index contributed by atoms with van der Waals surface area (Å²) < 4.78 is 136. The third-order valence-electron chi connectivity index (χ3n) is 7.94. The number of nitrogens with one attached hydrogen (secondary N) is 1. The molecule has 1 amide bonds. The molecule has 0 aromatic heterocycles. The molecular formula is C27H28F8N2O3S. The second-order valence-corrected chi connectivity index (χ2v) is 13.6. The average Bonchev–Trinajstić information content (AvgIpc) is 3.21. The van der Waals surface area contributed by atoms with Gasteiger partial charge in [-0.3, -0.25) is 4.79 Å². The predicted molar refractivity (Wildman–Crippen MR) is 132 cm³/mol. The number of hydrogen-bond acceptors (Lipinski definition) is 4. The van der Waals surface area contributed by atoms with Gasteiger partial charge in [0.15, 0.2) is 9.84 Å². The van der Waals surface area contributed by atoms with Gasteiger partial charge >= 0.3 is 18.0 Å². The molecule has 0 bridgehead atoms. The van der Waals surface area contributed by atoms with Crippen molar-refractivity contribution in [2.45, 2.75) is 85.2 Å². The zero-order valence-electron chi connectivity index (χ0n) is 22.0. The summed E-state index contributed by atoms with van der Waals surface area (Å²) in [4.78, 5) is 12.4. The van der Waals surface area contributed by atoms with E-state index >= 15 is 0 Å². The summed E-state index contributed by atoms with van der Waals surface area (Å²) in [6, 6.07) is 4.67. The molecule has 1 fully saturated rings. The summed E-state index contributed by atoms with van der Waals surface area (Å²) in [5.74, 6) is -2.04. The number of sulfone groups is 1. The Hall–Kier alpha value is -2.74. The molecule has 3 N–H and O–H groups in total. The number of rotatable bonds is 6. The molecule has 2 aromatic carbocycles. The van der Waals surface area contributed by atoms with Gasteiger partial charge in [0.2, 0.25) is 5.91 Å². The van der Waals surface area contributed by atoms with Gasteiger partial charge in [-0.1, -0.05) is 18.2 Å². The highest BCUT2D eigenvalue weighted by molar-refractivity contribution is 7.92. The normalized spacial score (nSPS) is 23.6. The number of benzene rings is 2. The SMILES string of the molecule is CC(C)(N)CC(=O)N[C@@H]1CC[C@@]2(S(=O)(=O)c3ccc(F)cc3)c3ccc(C(F)(C(F)(F)F)C(F)(F)F)cc3CC[C@@H]12. The van der Waals surface area contributed by atoms with E-state index in [9.17, 15) is 48.3 Å². The van der Waals surface area contributed by atoms with Crippen LogP contribution in [-0.2, 0) is 31.5 Å². The number of carbonyl (C=O) groups is 1. The number of fused-ring (bicyclic) bond motifs is 3. The van der Waals surface area contributed by atoms with Gasteiger partial charge < -0.3 is 11.1 Å². The van der Waals surface area contributed by atoms with Crippen LogP contribution in [0.15, 0.2) is 47.4 Å². The van der Waals surface area contributed by atoms with Gasteiger partial charge in [-0.2, -0.15) is 26.3 Å². The molecule has 5 nitrogen and oxygen atoms in total. The highest BCUT2D eigenvalue weighted by atomic mass is 32.2. The summed E-state index contributed by atoms with van der Waals surface area (Å²) in [6.07, 6.45) is -13.0. The summed E-state index contributed by atoms with van der Waals surface area (Å²) in [7, 11) is -4.48. The lowest BCUT2D eigenvalue weighted by Gasteiger charge is -2.43. The van der Waals surface area contributed by atoms with E-state index < -0.39 is 67.4 Å². The van der Waals surface area contributed by atoms with E-state index in [1.807, 2.05) is 0 Å². The number of alkyl halides is 7. The molecule has 1 saturated carbocycles. The predicted octanol–water partition coefficient (Wildman–Crippen LogP) is 5.75. The lowest BCUT2D eigenvalue weighted by molar-refractivity contribution is -0.348. The molecule has 14 heteroatoms. The van der Waals surface area contributed by atoms with Crippen LogP contribution in [0.3, 0.4) is 0 Å². The largest absolute Gasteiger partial charge is 0.435 e. The lowest BCUT2D eigenvalue weighted by Crippen LogP contribution is -2.51. The molecule has 226 valence electrons. The van der Waals surface area contributed by atoms with Crippen molar-refractivity contribution in [2.24, 2.45) is 11.7 Å². The fourth-order valence-electron chi connectivity index (χ4n) is 6.22. The molecule has 0 aliphatic heterocycles. The number of halogens is 8. The first kappa shape index (κ1) is 31.2. The smallest absolute Gasteiger partial charge is 0.353 e. The number of nitrogens with two attached hydrogens (primary N) is 1. The zero-order valence-corrected chi connectivity index (χ0v) is 22.8. The summed E-state index contributed by atoms with van der Waals surface area (Å²) in [6.45, 7) is 3.23. The van der Waals surface area contributed by atoms with Crippen molar-refractivity contribution >= 4 is 15.7 Å². The molecule has 2 aliphatic carbocycles. The van der Waals surface area contributed by atoms with Gasteiger partial charge in [0.05, 0.1) is 4.90 Å². The first-order valence-corrected chi connectivity index (χ1v) is 14.2. The van der Waals surface area contributed by atoms with Crippen LogP contribution in [0.25, 0.3) is 0 Å². The van der Waals surface area contributed by atoms with E-state index in [4.69, 9.17) is 5.73 Å². The van der Waals surface area contributed by atoms with Crippen LogP contribution in [-0.4, -0.2) is 38.3 Å². The van der Waals surface area contributed by atoms with Gasteiger partial charge in [0, 0.05) is 29.5 Å². The number of amides is 1. The van der Waals surface area contributed by atoms with E-state index in [2.05, 4.69) is 5.32 Å². The van der Waals surface area contributed by atoms with Crippen LogP contribution >= 0.6 is 0 Å². The van der Waals surface area contributed by atoms with E-state index in [0.717, 1.165) is 30.3 Å². The van der Waals surface area contributed by atoms with Crippen LogP contribution in [0.4, 0.5) is 35.1 Å². The van der Waals surface area contributed by atoms with Gasteiger partial charge in [-0.25, -0.2) is 17.2 Å². The standard InChI is InChI=1S/C27H28F8N2O3S/c1-23(2,36)14-22(38)37-21-11-12-24(41(39,40)18-7-5-17(28)6-8-18)19-10-4-16(13-15(19)3-9-20(21)24)25(29,26(30,31)32)27(33,34)35/h4-8,10,13,20-21H,3,9,11-12,14,36H2,1-2H3,(H,37,38)/t20-,21+,24+/m0/s1. The number of aryl methyl sites for hydroxylation is 1. The van der Waals surface area contributed by atoms with E-state index in [1.165, 1.54) is 0 Å². The van der Waals surface area contributed by atoms with E-state index in [-0.39, 0.29) is 48.1 Å². The molecule has 3 atom stereocenters. The average molecular weight is 613 g/mol. The molecule has 0 radical (unpaired) electrons.